The largest absolute Gasteiger partial charge is 0.447 e. The first-order valence-corrected chi connectivity index (χ1v) is 9.91. The molecule has 1 aromatic carbocycles. The van der Waals surface area contributed by atoms with Crippen LogP contribution in [0.3, 0.4) is 0 Å². The van der Waals surface area contributed by atoms with Crippen molar-refractivity contribution in [2.24, 2.45) is 0 Å². The second kappa shape index (κ2) is 8.98. The molecule has 1 amide bonds. The van der Waals surface area contributed by atoms with Crippen molar-refractivity contribution < 1.29 is 22.4 Å². The van der Waals surface area contributed by atoms with Crippen molar-refractivity contribution in [3.05, 3.63) is 53.2 Å². The predicted molar refractivity (Wildman–Crippen MR) is 102 cm³/mol. The normalized spacial score (nSPS) is 15.9. The van der Waals surface area contributed by atoms with E-state index in [1.54, 1.807) is 11.0 Å². The van der Waals surface area contributed by atoms with E-state index in [0.29, 0.717) is 24.5 Å². The van der Waals surface area contributed by atoms with E-state index in [1.807, 2.05) is 18.7 Å². The van der Waals surface area contributed by atoms with E-state index < -0.39 is 11.7 Å². The third-order valence-corrected chi connectivity index (χ3v) is 5.36. The SMILES string of the molecule is CCC(C)N(Cc1cccc(C(F)(F)F)c1)Cc1nc(C(=O)N2CCCC2)co1. The van der Waals surface area contributed by atoms with Crippen LogP contribution in [0.5, 0.6) is 0 Å². The summed E-state index contributed by atoms with van der Waals surface area (Å²) in [5, 5.41) is 0. The number of aromatic nitrogens is 1. The molecule has 1 atom stereocenters. The van der Waals surface area contributed by atoms with E-state index in [0.717, 1.165) is 38.4 Å². The van der Waals surface area contributed by atoms with Crippen molar-refractivity contribution in [3.63, 3.8) is 0 Å². The zero-order valence-electron chi connectivity index (χ0n) is 16.7. The molecule has 0 aliphatic carbocycles. The molecule has 2 aromatic rings. The average Bonchev–Trinajstić information content (AvgIpc) is 3.38. The van der Waals surface area contributed by atoms with Gasteiger partial charge in [-0.15, -0.1) is 0 Å². The van der Waals surface area contributed by atoms with Crippen LogP contribution in [0.2, 0.25) is 0 Å². The minimum Gasteiger partial charge on any atom is -0.447 e. The predicted octanol–water partition coefficient (Wildman–Crippen LogP) is 4.73. The number of alkyl halides is 3. The van der Waals surface area contributed by atoms with Gasteiger partial charge >= 0.3 is 6.18 Å². The first-order chi connectivity index (χ1) is 13.8. The average molecular weight is 409 g/mol. The van der Waals surface area contributed by atoms with Gasteiger partial charge in [0, 0.05) is 25.7 Å². The Balaban J connectivity index is 1.72. The molecule has 0 spiro atoms. The first kappa shape index (κ1) is 21.4. The molecule has 0 bridgehead atoms. The second-order valence-corrected chi connectivity index (χ2v) is 7.49. The van der Waals surface area contributed by atoms with Crippen LogP contribution in [-0.2, 0) is 19.3 Å². The maximum Gasteiger partial charge on any atom is 0.416 e. The number of oxazole rings is 1. The van der Waals surface area contributed by atoms with Crippen LogP contribution in [0.1, 0.15) is 60.6 Å². The number of hydrogen-bond donors (Lipinski definition) is 0. The molecule has 2 heterocycles. The molecule has 1 saturated heterocycles. The number of halogens is 3. The van der Waals surface area contributed by atoms with Crippen LogP contribution >= 0.6 is 0 Å². The monoisotopic (exact) mass is 409 g/mol. The fourth-order valence-corrected chi connectivity index (χ4v) is 3.44. The molecule has 0 N–H and O–H groups in total. The van der Waals surface area contributed by atoms with Crippen LogP contribution in [0.25, 0.3) is 0 Å². The molecule has 0 radical (unpaired) electrons. The van der Waals surface area contributed by atoms with Gasteiger partial charge in [0.1, 0.15) is 6.26 Å². The van der Waals surface area contributed by atoms with Crippen LogP contribution < -0.4 is 0 Å². The Kier molecular flexibility index (Phi) is 6.62. The minimum absolute atomic E-state index is 0.106. The van der Waals surface area contributed by atoms with Crippen molar-refractivity contribution in [1.29, 1.82) is 0 Å². The maximum atomic E-state index is 13.0. The van der Waals surface area contributed by atoms with E-state index in [-0.39, 0.29) is 17.6 Å². The molecule has 29 heavy (non-hydrogen) atoms. The third-order valence-electron chi connectivity index (χ3n) is 5.36. The van der Waals surface area contributed by atoms with Crippen molar-refractivity contribution in [1.82, 2.24) is 14.8 Å². The number of hydrogen-bond acceptors (Lipinski definition) is 4. The quantitative estimate of drug-likeness (QED) is 0.663. The molecule has 5 nitrogen and oxygen atoms in total. The lowest BCUT2D eigenvalue weighted by Crippen LogP contribution is -2.32. The molecule has 8 heteroatoms. The van der Waals surface area contributed by atoms with Crippen LogP contribution in [0, 0.1) is 0 Å². The van der Waals surface area contributed by atoms with Crippen molar-refractivity contribution in [3.8, 4) is 0 Å². The van der Waals surface area contributed by atoms with Gasteiger partial charge in [-0.1, -0.05) is 25.1 Å². The Bertz CT molecular complexity index is 829. The number of carbonyl (C=O) groups excluding carboxylic acids is 1. The molecule has 158 valence electrons. The van der Waals surface area contributed by atoms with Gasteiger partial charge in [0.25, 0.3) is 5.91 Å². The van der Waals surface area contributed by atoms with E-state index >= 15 is 0 Å². The van der Waals surface area contributed by atoms with Gasteiger partial charge in [-0.25, -0.2) is 4.98 Å². The third kappa shape index (κ3) is 5.38. The molecule has 1 fully saturated rings. The number of carbonyl (C=O) groups is 1. The molecule has 0 saturated carbocycles. The van der Waals surface area contributed by atoms with Gasteiger partial charge in [0.15, 0.2) is 5.69 Å². The summed E-state index contributed by atoms with van der Waals surface area (Å²) in [6, 6.07) is 5.46. The highest BCUT2D eigenvalue weighted by Crippen LogP contribution is 2.30. The zero-order valence-corrected chi connectivity index (χ0v) is 16.7. The van der Waals surface area contributed by atoms with Gasteiger partial charge in [0.2, 0.25) is 5.89 Å². The summed E-state index contributed by atoms with van der Waals surface area (Å²) in [4.78, 5) is 20.5. The Labute approximate surface area is 168 Å². The Hall–Kier alpha value is -2.35. The summed E-state index contributed by atoms with van der Waals surface area (Å²) in [5.41, 5.74) is 0.193. The summed E-state index contributed by atoms with van der Waals surface area (Å²) < 4.78 is 44.5. The first-order valence-electron chi connectivity index (χ1n) is 9.91. The highest BCUT2D eigenvalue weighted by atomic mass is 19.4. The number of rotatable bonds is 7. The zero-order chi connectivity index (χ0) is 21.0. The Morgan fingerprint density at radius 1 is 1.28 bits per heavy atom. The Morgan fingerprint density at radius 3 is 2.66 bits per heavy atom. The van der Waals surface area contributed by atoms with Crippen molar-refractivity contribution >= 4 is 5.91 Å². The highest BCUT2D eigenvalue weighted by Gasteiger charge is 2.30. The smallest absolute Gasteiger partial charge is 0.416 e. The fourth-order valence-electron chi connectivity index (χ4n) is 3.44. The van der Waals surface area contributed by atoms with Crippen LogP contribution in [0.4, 0.5) is 13.2 Å². The van der Waals surface area contributed by atoms with Gasteiger partial charge in [-0.05, 0) is 37.8 Å². The summed E-state index contributed by atoms with van der Waals surface area (Å²) in [6.07, 6.45) is -0.191. The maximum absolute atomic E-state index is 13.0. The molecule has 1 aliphatic heterocycles. The van der Waals surface area contributed by atoms with Crippen LogP contribution in [0.15, 0.2) is 34.9 Å². The fraction of sp³-hybridized carbons (Fsp3) is 0.524. The van der Waals surface area contributed by atoms with Crippen molar-refractivity contribution in [2.45, 2.75) is 58.4 Å². The molecular weight excluding hydrogens is 383 g/mol. The van der Waals surface area contributed by atoms with E-state index in [2.05, 4.69) is 4.98 Å². The number of amides is 1. The molecule has 1 unspecified atom stereocenters. The summed E-state index contributed by atoms with van der Waals surface area (Å²) in [7, 11) is 0. The lowest BCUT2D eigenvalue weighted by Gasteiger charge is -2.27. The van der Waals surface area contributed by atoms with Gasteiger partial charge < -0.3 is 9.32 Å². The van der Waals surface area contributed by atoms with Gasteiger partial charge in [-0.3, -0.25) is 9.69 Å². The Morgan fingerprint density at radius 2 is 2.00 bits per heavy atom. The molecule has 3 rings (SSSR count). The second-order valence-electron chi connectivity index (χ2n) is 7.49. The lowest BCUT2D eigenvalue weighted by atomic mass is 10.1. The standard InChI is InChI=1S/C21H26F3N3O2/c1-3-15(2)27(12-16-7-6-8-17(11-16)21(22,23)24)13-19-25-18(14-29-19)20(28)26-9-4-5-10-26/h6-8,11,14-15H,3-5,9-10,12-13H2,1-2H3. The molecule has 1 aromatic heterocycles. The topological polar surface area (TPSA) is 49.6 Å². The molecular formula is C21H26F3N3O2. The summed E-state index contributed by atoms with van der Waals surface area (Å²) in [5.74, 6) is 0.255. The number of nitrogens with zero attached hydrogens (tertiary/aromatic N) is 3. The highest BCUT2D eigenvalue weighted by molar-refractivity contribution is 5.92. The van der Waals surface area contributed by atoms with Gasteiger partial charge in [-0.2, -0.15) is 13.2 Å². The van der Waals surface area contributed by atoms with E-state index in [9.17, 15) is 18.0 Å². The summed E-state index contributed by atoms with van der Waals surface area (Å²) >= 11 is 0. The summed E-state index contributed by atoms with van der Waals surface area (Å²) in [6.45, 7) is 6.13. The minimum atomic E-state index is -4.37. The lowest BCUT2D eigenvalue weighted by molar-refractivity contribution is -0.137. The van der Waals surface area contributed by atoms with Crippen molar-refractivity contribution in [2.75, 3.05) is 13.1 Å². The molecule has 1 aliphatic rings. The number of benzene rings is 1. The number of likely N-dealkylation sites (tertiary alicyclic amines) is 1. The van der Waals surface area contributed by atoms with Crippen LogP contribution in [-0.4, -0.2) is 39.8 Å². The van der Waals surface area contributed by atoms with E-state index in [4.69, 9.17) is 4.42 Å². The van der Waals surface area contributed by atoms with E-state index in [1.165, 1.54) is 18.4 Å². The van der Waals surface area contributed by atoms with Gasteiger partial charge in [0.05, 0.1) is 12.1 Å².